The van der Waals surface area contributed by atoms with Gasteiger partial charge in [-0.15, -0.1) is 5.10 Å². The molecular weight excluding hydrogens is 282 g/mol. The van der Waals surface area contributed by atoms with E-state index in [0.29, 0.717) is 5.19 Å². The first-order chi connectivity index (χ1) is 10.3. The zero-order valence-electron chi connectivity index (χ0n) is 12.4. The van der Waals surface area contributed by atoms with E-state index in [4.69, 9.17) is 4.74 Å². The summed E-state index contributed by atoms with van der Waals surface area (Å²) in [5.41, 5.74) is 2.89. The van der Waals surface area contributed by atoms with Crippen molar-refractivity contribution in [3.05, 3.63) is 34.3 Å². The fourth-order valence-electron chi connectivity index (χ4n) is 2.60. The molecule has 0 saturated heterocycles. The van der Waals surface area contributed by atoms with Crippen molar-refractivity contribution in [3.8, 4) is 10.9 Å². The van der Waals surface area contributed by atoms with Crippen molar-refractivity contribution in [1.82, 2.24) is 15.5 Å². The van der Waals surface area contributed by atoms with Crippen LogP contribution in [0.25, 0.3) is 0 Å². The topological polar surface area (TPSA) is 47.0 Å². The summed E-state index contributed by atoms with van der Waals surface area (Å²) in [5.74, 6) is 0.875. The van der Waals surface area contributed by atoms with Gasteiger partial charge in [-0.2, -0.15) is 0 Å². The number of fused-ring (bicyclic) bond motifs is 1. The molecule has 1 aromatic carbocycles. The van der Waals surface area contributed by atoms with Gasteiger partial charge in [0.25, 0.3) is 5.19 Å². The van der Waals surface area contributed by atoms with E-state index in [1.54, 1.807) is 0 Å². The van der Waals surface area contributed by atoms with Gasteiger partial charge in [-0.25, -0.2) is 0 Å². The van der Waals surface area contributed by atoms with Gasteiger partial charge in [-0.1, -0.05) is 29.4 Å². The fraction of sp³-hybridized carbons (Fsp3) is 0.500. The average molecular weight is 303 g/mol. The summed E-state index contributed by atoms with van der Waals surface area (Å²) in [5, 5.41) is 13.2. The highest BCUT2D eigenvalue weighted by Crippen LogP contribution is 2.29. The highest BCUT2D eigenvalue weighted by atomic mass is 32.1. The van der Waals surface area contributed by atoms with Crippen LogP contribution in [-0.2, 0) is 19.4 Å². The van der Waals surface area contributed by atoms with Crippen LogP contribution in [0, 0.1) is 0 Å². The second-order valence-electron chi connectivity index (χ2n) is 5.38. The molecule has 112 valence electrons. The Hall–Kier alpha value is -1.46. The van der Waals surface area contributed by atoms with Gasteiger partial charge in [-0.05, 0) is 61.9 Å². The monoisotopic (exact) mass is 303 g/mol. The SMILES string of the molecule is CCCNCc1nnc(Oc2ccc3c(c2)CCCC3)s1. The van der Waals surface area contributed by atoms with E-state index < -0.39 is 0 Å². The highest BCUT2D eigenvalue weighted by molar-refractivity contribution is 7.13. The van der Waals surface area contributed by atoms with Crippen molar-refractivity contribution in [2.45, 2.75) is 45.6 Å². The molecule has 0 amide bonds. The molecule has 1 heterocycles. The Morgan fingerprint density at radius 3 is 2.90 bits per heavy atom. The number of hydrogen-bond acceptors (Lipinski definition) is 5. The van der Waals surface area contributed by atoms with E-state index in [0.717, 1.165) is 36.7 Å². The predicted octanol–water partition coefficient (Wildman–Crippen LogP) is 3.71. The summed E-state index contributed by atoms with van der Waals surface area (Å²) in [6.45, 7) is 3.91. The zero-order valence-corrected chi connectivity index (χ0v) is 13.2. The fourth-order valence-corrected chi connectivity index (χ4v) is 3.27. The maximum Gasteiger partial charge on any atom is 0.299 e. The first kappa shape index (κ1) is 14.5. The van der Waals surface area contributed by atoms with Gasteiger partial charge in [0.2, 0.25) is 0 Å². The third-order valence-corrected chi connectivity index (χ3v) is 4.48. The van der Waals surface area contributed by atoms with Gasteiger partial charge in [0.1, 0.15) is 10.8 Å². The minimum Gasteiger partial charge on any atom is -0.430 e. The van der Waals surface area contributed by atoms with Gasteiger partial charge in [0.05, 0.1) is 0 Å². The molecule has 0 radical (unpaired) electrons. The molecule has 21 heavy (non-hydrogen) atoms. The number of nitrogens with one attached hydrogen (secondary N) is 1. The Balaban J connectivity index is 1.63. The van der Waals surface area contributed by atoms with Crippen LogP contribution in [0.3, 0.4) is 0 Å². The molecule has 1 aromatic heterocycles. The van der Waals surface area contributed by atoms with E-state index in [1.165, 1.54) is 41.7 Å². The molecule has 0 aliphatic heterocycles. The predicted molar refractivity (Wildman–Crippen MR) is 85.1 cm³/mol. The zero-order chi connectivity index (χ0) is 14.5. The molecular formula is C16H21N3OS. The highest BCUT2D eigenvalue weighted by Gasteiger charge is 2.11. The number of hydrogen-bond donors (Lipinski definition) is 1. The standard InChI is InChI=1S/C16H21N3OS/c1-2-9-17-11-15-18-19-16(21-15)20-14-8-7-12-5-3-4-6-13(12)10-14/h7-8,10,17H,2-6,9,11H2,1H3. The van der Waals surface area contributed by atoms with E-state index in [2.05, 4.69) is 34.6 Å². The van der Waals surface area contributed by atoms with Crippen LogP contribution in [0.15, 0.2) is 18.2 Å². The molecule has 1 N–H and O–H groups in total. The number of aryl methyl sites for hydroxylation is 2. The first-order valence-electron chi connectivity index (χ1n) is 7.68. The van der Waals surface area contributed by atoms with Crippen LogP contribution in [0.4, 0.5) is 0 Å². The lowest BCUT2D eigenvalue weighted by Crippen LogP contribution is -2.13. The summed E-state index contributed by atoms with van der Waals surface area (Å²) < 4.78 is 5.85. The lowest BCUT2D eigenvalue weighted by molar-refractivity contribution is 0.471. The summed E-state index contributed by atoms with van der Waals surface area (Å²) in [7, 11) is 0. The molecule has 1 aliphatic carbocycles. The van der Waals surface area contributed by atoms with Gasteiger partial charge in [0, 0.05) is 6.54 Å². The van der Waals surface area contributed by atoms with Crippen LogP contribution in [0.5, 0.6) is 10.9 Å². The summed E-state index contributed by atoms with van der Waals surface area (Å²) >= 11 is 1.51. The molecule has 0 fully saturated rings. The van der Waals surface area contributed by atoms with Crippen molar-refractivity contribution in [3.63, 3.8) is 0 Å². The lowest BCUT2D eigenvalue weighted by atomic mass is 9.92. The Morgan fingerprint density at radius 2 is 2.05 bits per heavy atom. The Bertz CT molecular complexity index is 597. The van der Waals surface area contributed by atoms with Crippen molar-refractivity contribution in [2.75, 3.05) is 6.54 Å². The number of ether oxygens (including phenoxy) is 1. The largest absolute Gasteiger partial charge is 0.430 e. The Kier molecular flexibility index (Phi) is 4.83. The van der Waals surface area contributed by atoms with E-state index >= 15 is 0 Å². The average Bonchev–Trinajstić information content (AvgIpc) is 2.95. The Labute approximate surface area is 129 Å². The second-order valence-corrected chi connectivity index (χ2v) is 6.40. The maximum atomic E-state index is 5.85. The summed E-state index contributed by atoms with van der Waals surface area (Å²) in [4.78, 5) is 0. The van der Waals surface area contributed by atoms with E-state index in [9.17, 15) is 0 Å². The van der Waals surface area contributed by atoms with Crippen molar-refractivity contribution in [2.24, 2.45) is 0 Å². The quantitative estimate of drug-likeness (QED) is 0.826. The maximum absolute atomic E-state index is 5.85. The van der Waals surface area contributed by atoms with Gasteiger partial charge in [-0.3, -0.25) is 0 Å². The molecule has 3 rings (SSSR count). The smallest absolute Gasteiger partial charge is 0.299 e. The van der Waals surface area contributed by atoms with Crippen molar-refractivity contribution in [1.29, 1.82) is 0 Å². The molecule has 0 unspecified atom stereocenters. The molecule has 1 aliphatic rings. The lowest BCUT2D eigenvalue weighted by Gasteiger charge is -2.16. The third kappa shape index (κ3) is 3.80. The van der Waals surface area contributed by atoms with Gasteiger partial charge in [0.15, 0.2) is 0 Å². The Morgan fingerprint density at radius 1 is 1.19 bits per heavy atom. The van der Waals surface area contributed by atoms with Crippen LogP contribution >= 0.6 is 11.3 Å². The van der Waals surface area contributed by atoms with E-state index in [1.807, 2.05) is 6.07 Å². The van der Waals surface area contributed by atoms with Crippen LogP contribution < -0.4 is 10.1 Å². The van der Waals surface area contributed by atoms with E-state index in [-0.39, 0.29) is 0 Å². The second kappa shape index (κ2) is 7.00. The van der Waals surface area contributed by atoms with Crippen LogP contribution in [0.1, 0.15) is 42.3 Å². The minimum atomic E-state index is 0.624. The number of benzene rings is 1. The first-order valence-corrected chi connectivity index (χ1v) is 8.49. The molecule has 0 saturated carbocycles. The van der Waals surface area contributed by atoms with Crippen molar-refractivity contribution >= 4 is 11.3 Å². The van der Waals surface area contributed by atoms with Crippen LogP contribution in [-0.4, -0.2) is 16.7 Å². The summed E-state index contributed by atoms with van der Waals surface area (Å²) in [6.07, 6.45) is 6.06. The molecule has 0 atom stereocenters. The number of aromatic nitrogens is 2. The van der Waals surface area contributed by atoms with Crippen LogP contribution in [0.2, 0.25) is 0 Å². The molecule has 0 bridgehead atoms. The molecule has 0 spiro atoms. The number of rotatable bonds is 6. The molecule has 4 nitrogen and oxygen atoms in total. The molecule has 2 aromatic rings. The summed E-state index contributed by atoms with van der Waals surface area (Å²) in [6, 6.07) is 6.39. The van der Waals surface area contributed by atoms with Gasteiger partial charge >= 0.3 is 0 Å². The minimum absolute atomic E-state index is 0.624. The molecule has 5 heteroatoms. The third-order valence-electron chi connectivity index (χ3n) is 3.68. The van der Waals surface area contributed by atoms with Gasteiger partial charge < -0.3 is 10.1 Å². The normalized spacial score (nSPS) is 14.0. The van der Waals surface area contributed by atoms with Crippen molar-refractivity contribution < 1.29 is 4.74 Å². The number of nitrogens with zero attached hydrogens (tertiary/aromatic N) is 2.